The quantitative estimate of drug-likeness (QED) is 0.650. The predicted octanol–water partition coefficient (Wildman–Crippen LogP) is 3.77. The maximum Gasteiger partial charge on any atom is 0.229 e. The third-order valence-electron chi connectivity index (χ3n) is 4.88. The minimum absolute atomic E-state index is 0.0572. The number of carbonyl (C=O) groups excluding carboxylic acids is 1. The fourth-order valence-electron chi connectivity index (χ4n) is 3.48. The molecule has 5 heteroatoms. The lowest BCUT2D eigenvalue weighted by molar-refractivity contribution is -0.119. The topological polar surface area (TPSA) is 66.0 Å². The molecular formula is C22H22N4O. The van der Waals surface area contributed by atoms with Crippen molar-refractivity contribution in [1.82, 2.24) is 10.3 Å². The second-order valence-corrected chi connectivity index (χ2v) is 6.72. The number of hydrogen-bond donors (Lipinski definition) is 3. The van der Waals surface area contributed by atoms with Crippen LogP contribution in [0.5, 0.6) is 0 Å². The summed E-state index contributed by atoms with van der Waals surface area (Å²) in [6.07, 6.45) is 3.51. The van der Waals surface area contributed by atoms with E-state index in [1.807, 2.05) is 54.6 Å². The Labute approximate surface area is 158 Å². The number of nitrogens with one attached hydrogen (secondary N) is 3. The van der Waals surface area contributed by atoms with Crippen molar-refractivity contribution < 1.29 is 4.79 Å². The monoisotopic (exact) mass is 358 g/mol. The molecule has 27 heavy (non-hydrogen) atoms. The van der Waals surface area contributed by atoms with Crippen LogP contribution in [0.25, 0.3) is 0 Å². The van der Waals surface area contributed by atoms with Crippen molar-refractivity contribution in [1.29, 1.82) is 0 Å². The SMILES string of the molecule is O=C(Nc1ccc(Nc2cccnc2)cc1)[C@H]1CNC[C@@H]1c1ccccc1. The Morgan fingerprint density at radius 2 is 1.67 bits per heavy atom. The minimum Gasteiger partial charge on any atom is -0.354 e. The third-order valence-corrected chi connectivity index (χ3v) is 4.88. The lowest BCUT2D eigenvalue weighted by atomic mass is 9.88. The van der Waals surface area contributed by atoms with Gasteiger partial charge in [0.25, 0.3) is 0 Å². The predicted molar refractivity (Wildman–Crippen MR) is 108 cm³/mol. The first-order valence-electron chi connectivity index (χ1n) is 9.13. The Kier molecular flexibility index (Phi) is 5.12. The number of hydrogen-bond acceptors (Lipinski definition) is 4. The molecule has 3 N–H and O–H groups in total. The molecule has 0 unspecified atom stereocenters. The van der Waals surface area contributed by atoms with Crippen LogP contribution in [0.4, 0.5) is 17.1 Å². The summed E-state index contributed by atoms with van der Waals surface area (Å²) in [6, 6.07) is 21.8. The summed E-state index contributed by atoms with van der Waals surface area (Å²) < 4.78 is 0. The third kappa shape index (κ3) is 4.15. The van der Waals surface area contributed by atoms with E-state index in [1.54, 1.807) is 12.4 Å². The van der Waals surface area contributed by atoms with Gasteiger partial charge in [-0.25, -0.2) is 0 Å². The van der Waals surface area contributed by atoms with Crippen molar-refractivity contribution in [3.8, 4) is 0 Å². The van der Waals surface area contributed by atoms with Gasteiger partial charge in [0, 0.05) is 36.6 Å². The van der Waals surface area contributed by atoms with E-state index in [1.165, 1.54) is 5.56 Å². The zero-order chi connectivity index (χ0) is 18.5. The molecule has 0 saturated carbocycles. The first-order chi connectivity index (χ1) is 13.3. The summed E-state index contributed by atoms with van der Waals surface area (Å²) in [5.74, 6) is 0.195. The van der Waals surface area contributed by atoms with E-state index in [0.29, 0.717) is 6.54 Å². The van der Waals surface area contributed by atoms with E-state index in [0.717, 1.165) is 23.6 Å². The van der Waals surface area contributed by atoms with Crippen LogP contribution in [-0.2, 0) is 4.79 Å². The molecule has 0 aliphatic carbocycles. The zero-order valence-corrected chi connectivity index (χ0v) is 14.9. The van der Waals surface area contributed by atoms with Gasteiger partial charge in [0.2, 0.25) is 5.91 Å². The summed E-state index contributed by atoms with van der Waals surface area (Å²) in [5, 5.41) is 9.69. The highest BCUT2D eigenvalue weighted by Crippen LogP contribution is 2.29. The van der Waals surface area contributed by atoms with Crippen molar-refractivity contribution in [3.05, 3.63) is 84.7 Å². The van der Waals surface area contributed by atoms with E-state index < -0.39 is 0 Å². The molecule has 5 nitrogen and oxygen atoms in total. The smallest absolute Gasteiger partial charge is 0.229 e. The molecule has 1 aliphatic heterocycles. The van der Waals surface area contributed by atoms with Crippen LogP contribution in [0.2, 0.25) is 0 Å². The van der Waals surface area contributed by atoms with Gasteiger partial charge < -0.3 is 16.0 Å². The average molecular weight is 358 g/mol. The molecule has 1 aliphatic rings. The fraction of sp³-hybridized carbons (Fsp3) is 0.182. The van der Waals surface area contributed by atoms with Gasteiger partial charge in [-0.2, -0.15) is 0 Å². The Balaban J connectivity index is 1.40. The van der Waals surface area contributed by atoms with Crippen LogP contribution < -0.4 is 16.0 Å². The Morgan fingerprint density at radius 1 is 0.889 bits per heavy atom. The molecule has 1 amide bonds. The van der Waals surface area contributed by atoms with E-state index >= 15 is 0 Å². The molecule has 1 saturated heterocycles. The van der Waals surface area contributed by atoms with Gasteiger partial charge in [0.05, 0.1) is 17.8 Å². The van der Waals surface area contributed by atoms with Gasteiger partial charge in [-0.3, -0.25) is 9.78 Å². The summed E-state index contributed by atoms with van der Waals surface area (Å²) in [6.45, 7) is 1.53. The second-order valence-electron chi connectivity index (χ2n) is 6.72. The summed E-state index contributed by atoms with van der Waals surface area (Å²) in [5.41, 5.74) is 3.89. The number of carbonyl (C=O) groups is 1. The number of amides is 1. The Morgan fingerprint density at radius 3 is 2.41 bits per heavy atom. The van der Waals surface area contributed by atoms with Gasteiger partial charge in [0.15, 0.2) is 0 Å². The van der Waals surface area contributed by atoms with Gasteiger partial charge in [-0.05, 0) is 42.0 Å². The normalized spacial score (nSPS) is 18.8. The number of pyridine rings is 1. The number of anilines is 3. The van der Waals surface area contributed by atoms with E-state index in [4.69, 9.17) is 0 Å². The maximum absolute atomic E-state index is 12.8. The fourth-order valence-corrected chi connectivity index (χ4v) is 3.48. The first kappa shape index (κ1) is 17.2. The maximum atomic E-state index is 12.8. The molecule has 1 fully saturated rings. The van der Waals surface area contributed by atoms with Crippen molar-refractivity contribution in [2.24, 2.45) is 5.92 Å². The number of aromatic nitrogens is 1. The first-order valence-corrected chi connectivity index (χ1v) is 9.13. The molecule has 4 rings (SSSR count). The number of benzene rings is 2. The molecule has 3 aromatic rings. The Bertz CT molecular complexity index is 881. The van der Waals surface area contributed by atoms with Gasteiger partial charge in [-0.1, -0.05) is 30.3 Å². The van der Waals surface area contributed by atoms with Crippen molar-refractivity contribution in [2.45, 2.75) is 5.92 Å². The highest BCUT2D eigenvalue weighted by molar-refractivity contribution is 5.93. The molecule has 2 atom stereocenters. The summed E-state index contributed by atoms with van der Waals surface area (Å²) in [4.78, 5) is 16.9. The van der Waals surface area contributed by atoms with E-state index in [9.17, 15) is 4.79 Å². The lowest BCUT2D eigenvalue weighted by Crippen LogP contribution is -2.28. The number of rotatable bonds is 5. The Hall–Kier alpha value is -3.18. The second kappa shape index (κ2) is 8.01. The lowest BCUT2D eigenvalue weighted by Gasteiger charge is -2.18. The minimum atomic E-state index is -0.0689. The molecular weight excluding hydrogens is 336 g/mol. The van der Waals surface area contributed by atoms with Crippen molar-refractivity contribution in [2.75, 3.05) is 23.7 Å². The van der Waals surface area contributed by atoms with Crippen LogP contribution in [-0.4, -0.2) is 24.0 Å². The van der Waals surface area contributed by atoms with E-state index in [-0.39, 0.29) is 17.7 Å². The van der Waals surface area contributed by atoms with Crippen molar-refractivity contribution >= 4 is 23.0 Å². The highest BCUT2D eigenvalue weighted by atomic mass is 16.1. The highest BCUT2D eigenvalue weighted by Gasteiger charge is 2.33. The van der Waals surface area contributed by atoms with E-state index in [2.05, 4.69) is 33.1 Å². The standard InChI is InChI=1S/C22H22N4O/c27-22(21-15-24-14-20(21)16-5-2-1-3-6-16)26-18-10-8-17(9-11-18)25-19-7-4-12-23-13-19/h1-13,20-21,24-25H,14-15H2,(H,26,27)/t20-,21+/m1/s1. The van der Waals surface area contributed by atoms with Crippen LogP contribution >= 0.6 is 0 Å². The van der Waals surface area contributed by atoms with Crippen LogP contribution in [0.15, 0.2) is 79.1 Å². The summed E-state index contributed by atoms with van der Waals surface area (Å²) >= 11 is 0. The number of nitrogens with zero attached hydrogens (tertiary/aromatic N) is 1. The molecule has 2 heterocycles. The van der Waals surface area contributed by atoms with Gasteiger partial charge >= 0.3 is 0 Å². The molecule has 136 valence electrons. The zero-order valence-electron chi connectivity index (χ0n) is 14.9. The largest absolute Gasteiger partial charge is 0.354 e. The summed E-state index contributed by atoms with van der Waals surface area (Å²) in [7, 11) is 0. The molecule has 0 spiro atoms. The molecule has 0 radical (unpaired) electrons. The molecule has 1 aromatic heterocycles. The van der Waals surface area contributed by atoms with Crippen molar-refractivity contribution in [3.63, 3.8) is 0 Å². The molecule has 0 bridgehead atoms. The average Bonchev–Trinajstić information content (AvgIpc) is 3.21. The van der Waals surface area contributed by atoms with Gasteiger partial charge in [-0.15, -0.1) is 0 Å². The van der Waals surface area contributed by atoms with Crippen LogP contribution in [0, 0.1) is 5.92 Å². The molecule has 2 aromatic carbocycles. The van der Waals surface area contributed by atoms with Gasteiger partial charge in [0.1, 0.15) is 0 Å². The van der Waals surface area contributed by atoms with Crippen LogP contribution in [0.1, 0.15) is 11.5 Å². The van der Waals surface area contributed by atoms with Crippen LogP contribution in [0.3, 0.4) is 0 Å².